The van der Waals surface area contributed by atoms with Crippen molar-refractivity contribution < 1.29 is 9.84 Å². The molecule has 8 heteroatoms. The summed E-state index contributed by atoms with van der Waals surface area (Å²) < 4.78 is 7.23. The molecule has 3 heterocycles. The zero-order chi connectivity index (χ0) is 19.6. The molecule has 140 valence electrons. The van der Waals surface area contributed by atoms with Crippen LogP contribution in [0.25, 0.3) is 27.7 Å². The fraction of sp³-hybridized carbons (Fsp3) is 0.100. The molecule has 0 saturated carbocycles. The number of phenolic OH excluding ortho intramolecular Hbond substituents is 1. The molecule has 28 heavy (non-hydrogen) atoms. The molecule has 8 nitrogen and oxygen atoms in total. The molecule has 2 aromatic heterocycles. The second-order valence-electron chi connectivity index (χ2n) is 6.81. The second-order valence-corrected chi connectivity index (χ2v) is 6.81. The number of aromatic hydroxyl groups is 1. The number of aryl methyl sites for hydroxylation is 1. The van der Waals surface area contributed by atoms with E-state index in [2.05, 4.69) is 10.1 Å². The highest BCUT2D eigenvalue weighted by Crippen LogP contribution is 2.43. The highest BCUT2D eigenvalue weighted by molar-refractivity contribution is 6.02. The first-order chi connectivity index (χ1) is 13.5. The average molecular weight is 375 g/mol. The summed E-state index contributed by atoms with van der Waals surface area (Å²) in [7, 11) is 0. The van der Waals surface area contributed by atoms with Gasteiger partial charge in [-0.2, -0.15) is 5.10 Å². The number of nitrogens with two attached hydrogens (primary N) is 2. The largest absolute Gasteiger partial charge is 0.508 e. The van der Waals surface area contributed by atoms with E-state index < -0.39 is 0 Å². The number of phenols is 1. The summed E-state index contributed by atoms with van der Waals surface area (Å²) in [6.45, 7) is 2.06. The van der Waals surface area contributed by atoms with Gasteiger partial charge in [0.15, 0.2) is 5.75 Å². The van der Waals surface area contributed by atoms with Gasteiger partial charge in [-0.3, -0.25) is 4.79 Å². The highest BCUT2D eigenvalue weighted by Gasteiger charge is 2.27. The predicted molar refractivity (Wildman–Crippen MR) is 107 cm³/mol. The number of nitrogen functional groups attached to an aromatic ring is 2. The molecule has 4 aromatic rings. The number of aromatic amines is 1. The molecule has 0 fully saturated rings. The van der Waals surface area contributed by atoms with Crippen molar-refractivity contribution in [3.63, 3.8) is 0 Å². The van der Waals surface area contributed by atoms with Gasteiger partial charge in [-0.05, 0) is 24.6 Å². The Morgan fingerprint density at radius 1 is 1.25 bits per heavy atom. The van der Waals surface area contributed by atoms with Crippen LogP contribution in [-0.2, 0) is 6.61 Å². The molecule has 1 aliphatic heterocycles. The minimum atomic E-state index is -0.341. The van der Waals surface area contributed by atoms with Crippen molar-refractivity contribution >= 4 is 22.4 Å². The number of para-hydroxylation sites is 1. The maximum Gasteiger partial charge on any atom is 0.261 e. The normalized spacial score (nSPS) is 12.5. The molecule has 6 N–H and O–H groups in total. The van der Waals surface area contributed by atoms with E-state index in [4.69, 9.17) is 16.2 Å². The van der Waals surface area contributed by atoms with E-state index >= 15 is 0 Å². The summed E-state index contributed by atoms with van der Waals surface area (Å²) in [6, 6.07) is 10.4. The van der Waals surface area contributed by atoms with Gasteiger partial charge in [0.1, 0.15) is 29.1 Å². The molecule has 0 amide bonds. The van der Waals surface area contributed by atoms with Crippen molar-refractivity contribution in [2.75, 3.05) is 11.5 Å². The zero-order valence-corrected chi connectivity index (χ0v) is 15.0. The van der Waals surface area contributed by atoms with Crippen molar-refractivity contribution in [1.29, 1.82) is 0 Å². The fourth-order valence-electron chi connectivity index (χ4n) is 3.70. The number of nitrogens with zero attached hydrogens (tertiary/aromatic N) is 2. The van der Waals surface area contributed by atoms with E-state index in [9.17, 15) is 9.90 Å². The third-order valence-electron chi connectivity index (χ3n) is 5.05. The number of nitrogens with one attached hydrogen (secondary N) is 1. The Hall–Kier alpha value is -3.94. The number of benzene rings is 2. The van der Waals surface area contributed by atoms with E-state index in [1.165, 1.54) is 4.68 Å². The second kappa shape index (κ2) is 5.53. The Morgan fingerprint density at radius 2 is 2.07 bits per heavy atom. The van der Waals surface area contributed by atoms with E-state index in [-0.39, 0.29) is 29.1 Å². The van der Waals surface area contributed by atoms with Crippen molar-refractivity contribution in [3.05, 3.63) is 58.0 Å². The van der Waals surface area contributed by atoms with Crippen LogP contribution in [0.15, 0.2) is 41.2 Å². The minimum Gasteiger partial charge on any atom is -0.508 e. The lowest BCUT2D eigenvalue weighted by atomic mass is 9.98. The monoisotopic (exact) mass is 375 g/mol. The SMILES string of the molecule is Cc1ccc(O)cc1-n1nc2c3c([nH]c(=O)c2c1N)COc1c(N)cccc1-3. The summed E-state index contributed by atoms with van der Waals surface area (Å²) in [5, 5.41) is 14.8. The van der Waals surface area contributed by atoms with Gasteiger partial charge < -0.3 is 26.3 Å². The lowest BCUT2D eigenvalue weighted by Crippen LogP contribution is -2.17. The molecule has 0 spiro atoms. The first-order valence-electron chi connectivity index (χ1n) is 8.70. The number of hydrogen-bond donors (Lipinski definition) is 4. The molecule has 5 rings (SSSR count). The minimum absolute atomic E-state index is 0.0852. The molecule has 0 bridgehead atoms. The van der Waals surface area contributed by atoms with E-state index in [1.807, 2.05) is 19.1 Å². The van der Waals surface area contributed by atoms with Crippen LogP contribution < -0.4 is 21.8 Å². The highest BCUT2D eigenvalue weighted by atomic mass is 16.5. The molecule has 1 aliphatic rings. The number of rotatable bonds is 1. The summed E-state index contributed by atoms with van der Waals surface area (Å²) in [4.78, 5) is 15.6. The number of fused-ring (bicyclic) bond motifs is 5. The van der Waals surface area contributed by atoms with Crippen molar-refractivity contribution in [3.8, 4) is 28.3 Å². The van der Waals surface area contributed by atoms with Crippen LogP contribution in [0.1, 0.15) is 11.3 Å². The maximum absolute atomic E-state index is 12.7. The van der Waals surface area contributed by atoms with Crippen molar-refractivity contribution in [2.24, 2.45) is 0 Å². The maximum atomic E-state index is 12.7. The molecule has 0 radical (unpaired) electrons. The fourth-order valence-corrected chi connectivity index (χ4v) is 3.70. The molecular formula is C20H17N5O3. The third-order valence-corrected chi connectivity index (χ3v) is 5.05. The first-order valence-corrected chi connectivity index (χ1v) is 8.70. The Labute approximate surface area is 159 Å². The Bertz CT molecular complexity index is 1340. The van der Waals surface area contributed by atoms with Gasteiger partial charge in [-0.1, -0.05) is 18.2 Å². The predicted octanol–water partition coefficient (Wildman–Crippen LogP) is 2.45. The summed E-state index contributed by atoms with van der Waals surface area (Å²) in [5.74, 6) is 0.844. The van der Waals surface area contributed by atoms with E-state index in [1.54, 1.807) is 24.3 Å². The number of aromatic nitrogens is 3. The smallest absolute Gasteiger partial charge is 0.261 e. The number of H-pyrrole nitrogens is 1. The lowest BCUT2D eigenvalue weighted by molar-refractivity contribution is 0.299. The summed E-state index contributed by atoms with van der Waals surface area (Å²) in [5.41, 5.74) is 16.6. The molecule has 0 saturated heterocycles. The van der Waals surface area contributed by atoms with Gasteiger partial charge in [0.25, 0.3) is 5.56 Å². The standard InChI is InChI=1S/C20H17N5O3/c1-9-5-6-10(26)7-14(9)25-19(22)16-17(24-25)15-11-3-2-4-12(21)18(11)28-8-13(15)23-20(16)27/h2-7,26H,8,21-22H2,1H3,(H,23,27). The van der Waals surface area contributed by atoms with Crippen LogP contribution in [-0.4, -0.2) is 19.9 Å². The molecule has 0 aliphatic carbocycles. The van der Waals surface area contributed by atoms with Crippen molar-refractivity contribution in [2.45, 2.75) is 13.5 Å². The molecular weight excluding hydrogens is 358 g/mol. The number of anilines is 2. The number of hydrogen-bond acceptors (Lipinski definition) is 6. The van der Waals surface area contributed by atoms with Crippen LogP contribution in [0.3, 0.4) is 0 Å². The average Bonchev–Trinajstić information content (AvgIpc) is 3.01. The lowest BCUT2D eigenvalue weighted by Gasteiger charge is -2.21. The molecule has 0 unspecified atom stereocenters. The van der Waals surface area contributed by atoms with Crippen LogP contribution in [0, 0.1) is 6.92 Å². The summed E-state index contributed by atoms with van der Waals surface area (Å²) in [6.07, 6.45) is 0. The zero-order valence-electron chi connectivity index (χ0n) is 15.0. The van der Waals surface area contributed by atoms with E-state index in [0.29, 0.717) is 28.3 Å². The third kappa shape index (κ3) is 2.11. The quantitative estimate of drug-likeness (QED) is 0.378. The molecule has 2 aromatic carbocycles. The van der Waals surface area contributed by atoms with Crippen LogP contribution >= 0.6 is 0 Å². The van der Waals surface area contributed by atoms with Crippen LogP contribution in [0.5, 0.6) is 11.5 Å². The topological polar surface area (TPSA) is 132 Å². The number of ether oxygens (including phenoxy) is 1. The first kappa shape index (κ1) is 16.2. The Kier molecular flexibility index (Phi) is 3.21. The van der Waals surface area contributed by atoms with Gasteiger partial charge in [-0.15, -0.1) is 0 Å². The van der Waals surface area contributed by atoms with Crippen LogP contribution in [0.4, 0.5) is 11.5 Å². The van der Waals surface area contributed by atoms with Gasteiger partial charge in [0.2, 0.25) is 0 Å². The van der Waals surface area contributed by atoms with E-state index in [0.717, 1.165) is 16.7 Å². The number of pyridine rings is 1. The Morgan fingerprint density at radius 3 is 2.89 bits per heavy atom. The molecule has 0 atom stereocenters. The Balaban J connectivity index is 1.90. The van der Waals surface area contributed by atoms with Crippen molar-refractivity contribution in [1.82, 2.24) is 14.8 Å². The van der Waals surface area contributed by atoms with Gasteiger partial charge in [0.05, 0.1) is 17.1 Å². The van der Waals surface area contributed by atoms with Gasteiger partial charge in [0, 0.05) is 17.2 Å². The van der Waals surface area contributed by atoms with Gasteiger partial charge >= 0.3 is 0 Å². The van der Waals surface area contributed by atoms with Gasteiger partial charge in [-0.25, -0.2) is 4.68 Å². The van der Waals surface area contributed by atoms with Crippen LogP contribution in [0.2, 0.25) is 0 Å². The summed E-state index contributed by atoms with van der Waals surface area (Å²) >= 11 is 0.